The predicted molar refractivity (Wildman–Crippen MR) is 247 cm³/mol. The smallest absolute Gasteiger partial charge is 0.0543 e. The van der Waals surface area contributed by atoms with E-state index in [1.54, 1.807) is 0 Å². The van der Waals surface area contributed by atoms with Crippen LogP contribution in [0, 0.1) is 0 Å². The number of nitrogens with zero attached hydrogens (tertiary/aromatic N) is 1. The van der Waals surface area contributed by atoms with Gasteiger partial charge in [0.2, 0.25) is 0 Å². The standard InChI is InChI=1S/C57H55N/c1-55(2)33-34-56(3,4)52-35-43(29-32-50(52)55)47-36-48-46-20-12-13-21-49(46)57(5,6)51(48)37-54(47)58(53-22-14-18-42-17-10-11-19-45(42)53)44-30-27-41(28-31-44)40-25-23-39(24-26-40)38-15-8-7-9-16-38/h7-9,12-16,18,20-32,35-37H,10-11,17,19,33-34H2,1-6H3. The lowest BCUT2D eigenvalue weighted by Crippen LogP contribution is -2.33. The van der Waals surface area contributed by atoms with Crippen molar-refractivity contribution in [3.8, 4) is 44.5 Å². The summed E-state index contributed by atoms with van der Waals surface area (Å²) in [6.45, 7) is 14.6. The summed E-state index contributed by atoms with van der Waals surface area (Å²) < 4.78 is 0. The molecule has 0 fully saturated rings. The molecule has 3 aliphatic carbocycles. The van der Waals surface area contributed by atoms with Crippen molar-refractivity contribution in [2.45, 2.75) is 96.3 Å². The topological polar surface area (TPSA) is 3.24 Å². The fraction of sp³-hybridized carbons (Fsp3) is 0.263. The second-order valence-corrected chi connectivity index (χ2v) is 19.1. The number of benzene rings is 7. The SMILES string of the molecule is CC1(C)CCC(C)(C)c2cc(-c3cc4c(cc3N(c3ccc(-c5ccc(-c6ccccc6)cc5)cc3)c3cccc5c3CCCC5)C(C)(C)c3ccccc3-4)ccc21. The van der Waals surface area contributed by atoms with Crippen molar-refractivity contribution in [2.24, 2.45) is 0 Å². The van der Waals surface area contributed by atoms with Crippen molar-refractivity contribution in [3.63, 3.8) is 0 Å². The van der Waals surface area contributed by atoms with Crippen LogP contribution in [0.2, 0.25) is 0 Å². The Labute approximate surface area is 346 Å². The Bertz CT molecular complexity index is 2670. The lowest BCUT2D eigenvalue weighted by Gasteiger charge is -2.42. The highest BCUT2D eigenvalue weighted by molar-refractivity contribution is 5.95. The number of hydrogen-bond donors (Lipinski definition) is 0. The maximum absolute atomic E-state index is 2.62. The van der Waals surface area contributed by atoms with Gasteiger partial charge in [0, 0.05) is 22.4 Å². The Morgan fingerprint density at radius 1 is 0.397 bits per heavy atom. The average Bonchev–Trinajstić information content (AvgIpc) is 3.48. The quantitative estimate of drug-likeness (QED) is 0.163. The van der Waals surface area contributed by atoms with Gasteiger partial charge in [-0.15, -0.1) is 0 Å². The molecule has 0 heterocycles. The molecule has 0 unspecified atom stereocenters. The first-order chi connectivity index (χ1) is 28.0. The van der Waals surface area contributed by atoms with Crippen molar-refractivity contribution >= 4 is 17.1 Å². The molecule has 0 saturated heterocycles. The van der Waals surface area contributed by atoms with Gasteiger partial charge in [0.05, 0.1) is 5.69 Å². The summed E-state index contributed by atoms with van der Waals surface area (Å²) in [5.41, 5.74) is 23.0. The number of rotatable bonds is 6. The van der Waals surface area contributed by atoms with E-state index < -0.39 is 0 Å². The molecule has 3 aliphatic rings. The van der Waals surface area contributed by atoms with Crippen molar-refractivity contribution in [3.05, 3.63) is 185 Å². The molecule has 0 atom stereocenters. The molecular weight excluding hydrogens is 699 g/mol. The van der Waals surface area contributed by atoms with Gasteiger partial charge in [0.15, 0.2) is 0 Å². The fourth-order valence-electron chi connectivity index (χ4n) is 10.6. The normalized spacial score (nSPS) is 16.8. The number of hydrogen-bond acceptors (Lipinski definition) is 1. The highest BCUT2D eigenvalue weighted by Crippen LogP contribution is 2.55. The number of anilines is 3. The van der Waals surface area contributed by atoms with E-state index in [1.807, 2.05) is 0 Å². The van der Waals surface area contributed by atoms with Crippen molar-refractivity contribution in [1.82, 2.24) is 0 Å². The Kier molecular flexibility index (Phi) is 8.68. The second kappa shape index (κ2) is 13.7. The molecular formula is C57H55N. The fourth-order valence-corrected chi connectivity index (χ4v) is 10.6. The van der Waals surface area contributed by atoms with Gasteiger partial charge in [-0.2, -0.15) is 0 Å². The van der Waals surface area contributed by atoms with E-state index in [0.29, 0.717) is 0 Å². The van der Waals surface area contributed by atoms with Crippen LogP contribution in [0.1, 0.15) is 101 Å². The lowest BCUT2D eigenvalue weighted by atomic mass is 9.63. The van der Waals surface area contributed by atoms with E-state index in [9.17, 15) is 0 Å². The molecule has 288 valence electrons. The van der Waals surface area contributed by atoms with Crippen LogP contribution in [0.4, 0.5) is 17.1 Å². The highest BCUT2D eigenvalue weighted by Gasteiger charge is 2.39. The molecule has 10 rings (SSSR count). The average molecular weight is 754 g/mol. The summed E-state index contributed by atoms with van der Waals surface area (Å²) in [4.78, 5) is 2.62. The monoisotopic (exact) mass is 753 g/mol. The molecule has 1 nitrogen and oxygen atoms in total. The first kappa shape index (κ1) is 36.7. The minimum absolute atomic E-state index is 0.111. The van der Waals surface area contributed by atoms with Crippen LogP contribution in [0.15, 0.2) is 152 Å². The molecule has 0 aliphatic heterocycles. The third kappa shape index (κ3) is 6.05. The summed E-state index contributed by atoms with van der Waals surface area (Å²) in [6.07, 6.45) is 7.13. The van der Waals surface area contributed by atoms with Gasteiger partial charge >= 0.3 is 0 Å². The molecule has 0 spiro atoms. The zero-order chi connectivity index (χ0) is 39.8. The maximum atomic E-state index is 2.62. The van der Waals surface area contributed by atoms with Gasteiger partial charge in [0.25, 0.3) is 0 Å². The van der Waals surface area contributed by atoms with Gasteiger partial charge in [-0.25, -0.2) is 0 Å². The molecule has 1 heteroatoms. The minimum atomic E-state index is -0.126. The van der Waals surface area contributed by atoms with E-state index in [0.717, 1.165) is 12.8 Å². The van der Waals surface area contributed by atoms with Gasteiger partial charge in [-0.05, 0) is 152 Å². The Hall–Kier alpha value is -5.66. The lowest BCUT2D eigenvalue weighted by molar-refractivity contribution is 0.332. The van der Waals surface area contributed by atoms with E-state index >= 15 is 0 Å². The van der Waals surface area contributed by atoms with E-state index in [2.05, 4.69) is 198 Å². The van der Waals surface area contributed by atoms with E-state index in [-0.39, 0.29) is 16.2 Å². The van der Waals surface area contributed by atoms with Crippen LogP contribution in [-0.4, -0.2) is 0 Å². The minimum Gasteiger partial charge on any atom is -0.310 e. The molecule has 0 aromatic heterocycles. The van der Waals surface area contributed by atoms with Crippen LogP contribution in [-0.2, 0) is 29.1 Å². The molecule has 0 bridgehead atoms. The van der Waals surface area contributed by atoms with Gasteiger partial charge in [-0.3, -0.25) is 0 Å². The zero-order valence-electron chi connectivity index (χ0n) is 35.1. The molecule has 0 radical (unpaired) electrons. The second-order valence-electron chi connectivity index (χ2n) is 19.1. The predicted octanol–water partition coefficient (Wildman–Crippen LogP) is 15.7. The van der Waals surface area contributed by atoms with Gasteiger partial charge in [-0.1, -0.05) is 163 Å². The molecule has 7 aromatic rings. The number of fused-ring (bicyclic) bond motifs is 5. The van der Waals surface area contributed by atoms with Crippen LogP contribution >= 0.6 is 0 Å². The number of aryl methyl sites for hydroxylation is 1. The highest BCUT2D eigenvalue weighted by atomic mass is 15.1. The summed E-state index contributed by atoms with van der Waals surface area (Å²) in [6, 6.07) is 57.8. The molecule has 0 saturated carbocycles. The molecule has 58 heavy (non-hydrogen) atoms. The first-order valence-corrected chi connectivity index (χ1v) is 21.6. The summed E-state index contributed by atoms with van der Waals surface area (Å²) in [7, 11) is 0. The Morgan fingerprint density at radius 3 is 1.72 bits per heavy atom. The van der Waals surface area contributed by atoms with E-state index in [1.165, 1.54) is 121 Å². The molecule has 7 aromatic carbocycles. The summed E-state index contributed by atoms with van der Waals surface area (Å²) in [5.74, 6) is 0. The van der Waals surface area contributed by atoms with Crippen LogP contribution in [0.3, 0.4) is 0 Å². The van der Waals surface area contributed by atoms with Crippen LogP contribution < -0.4 is 4.90 Å². The third-order valence-electron chi connectivity index (χ3n) is 14.2. The van der Waals surface area contributed by atoms with E-state index in [4.69, 9.17) is 0 Å². The van der Waals surface area contributed by atoms with Crippen molar-refractivity contribution in [2.75, 3.05) is 4.90 Å². The van der Waals surface area contributed by atoms with Crippen LogP contribution in [0.25, 0.3) is 44.5 Å². The van der Waals surface area contributed by atoms with Gasteiger partial charge in [0.1, 0.15) is 0 Å². The van der Waals surface area contributed by atoms with Crippen molar-refractivity contribution in [1.29, 1.82) is 0 Å². The molecule has 0 N–H and O–H groups in total. The largest absolute Gasteiger partial charge is 0.310 e. The Morgan fingerprint density at radius 2 is 1.00 bits per heavy atom. The first-order valence-electron chi connectivity index (χ1n) is 21.6. The van der Waals surface area contributed by atoms with Crippen molar-refractivity contribution < 1.29 is 0 Å². The third-order valence-corrected chi connectivity index (χ3v) is 14.2. The summed E-state index contributed by atoms with van der Waals surface area (Å²) >= 11 is 0. The maximum Gasteiger partial charge on any atom is 0.0543 e. The molecule has 0 amide bonds. The van der Waals surface area contributed by atoms with Gasteiger partial charge < -0.3 is 4.90 Å². The summed E-state index contributed by atoms with van der Waals surface area (Å²) in [5, 5.41) is 0. The Balaban J connectivity index is 1.19. The van der Waals surface area contributed by atoms with Crippen LogP contribution in [0.5, 0.6) is 0 Å². The zero-order valence-corrected chi connectivity index (χ0v) is 35.1.